The summed E-state index contributed by atoms with van der Waals surface area (Å²) in [5.74, 6) is -0.609. The Kier molecular flexibility index (Phi) is 11.6. The van der Waals surface area contributed by atoms with Gasteiger partial charge in [0, 0.05) is 56.1 Å². The average Bonchev–Trinajstić information content (AvgIpc) is 3.71. The molecule has 2 unspecified atom stereocenters. The van der Waals surface area contributed by atoms with Crippen molar-refractivity contribution in [1.29, 1.82) is 0 Å². The molecule has 0 aromatic carbocycles. The Morgan fingerprint density at radius 1 is 0.837 bits per heavy atom. The molecule has 5 heterocycles. The molecular formula is C38H45N5NiO5. The van der Waals surface area contributed by atoms with Gasteiger partial charge in [0.2, 0.25) is 5.91 Å². The van der Waals surface area contributed by atoms with Crippen molar-refractivity contribution in [2.45, 2.75) is 84.5 Å². The summed E-state index contributed by atoms with van der Waals surface area (Å²) >= 11 is 0. The number of esters is 2. The maximum atomic E-state index is 13.2. The van der Waals surface area contributed by atoms with Gasteiger partial charge in [-0.3, -0.25) is 19.4 Å². The first-order chi connectivity index (χ1) is 22.8. The van der Waals surface area contributed by atoms with Gasteiger partial charge < -0.3 is 24.3 Å². The van der Waals surface area contributed by atoms with Crippen LogP contribution in [0.1, 0.15) is 97.4 Å². The molecule has 49 heavy (non-hydrogen) atoms. The first-order valence-electron chi connectivity index (χ1n) is 16.4. The van der Waals surface area contributed by atoms with Crippen LogP contribution in [0.2, 0.25) is 0 Å². The number of aromatic nitrogens is 4. The third-order valence-electron chi connectivity index (χ3n) is 9.91. The SMILES string of the molecule is CCC1c2cc3[n-]c(cc4[n-]c(cc5nc(cc(n2)C1(C)CC(=O)N(C)C)C=C5C)c(C)c4CCC(=O)OC)c(CCC(=O)OC)c3C.[Ni+2]. The van der Waals surface area contributed by atoms with Crippen LogP contribution in [-0.2, 0) is 58.6 Å². The minimum absolute atomic E-state index is 0. The van der Waals surface area contributed by atoms with Crippen molar-refractivity contribution in [3.8, 4) is 0 Å². The van der Waals surface area contributed by atoms with Gasteiger partial charge in [0.1, 0.15) is 0 Å². The number of allylic oxidation sites excluding steroid dienone is 1. The molecule has 0 N–H and O–H groups in total. The number of rotatable bonds is 9. The van der Waals surface area contributed by atoms with Crippen LogP contribution >= 0.6 is 0 Å². The molecule has 10 nitrogen and oxygen atoms in total. The Hall–Kier alpha value is -4.24. The van der Waals surface area contributed by atoms with Crippen LogP contribution in [0.5, 0.6) is 0 Å². The molecule has 0 fully saturated rings. The molecule has 262 valence electrons. The number of carbonyl (C=O) groups excluding carboxylic acids is 3. The molecule has 1 amide bonds. The Bertz CT molecular complexity index is 1970. The number of hydrogen-bond donors (Lipinski definition) is 0. The minimum Gasteiger partial charge on any atom is -0.657 e. The Balaban J connectivity index is 0.00000541. The minimum atomic E-state index is -0.567. The monoisotopic (exact) mass is 709 g/mol. The molecule has 5 rings (SSSR count). The molecule has 3 aromatic heterocycles. The summed E-state index contributed by atoms with van der Waals surface area (Å²) in [4.78, 5) is 59.6. The molecule has 0 aliphatic carbocycles. The molecule has 3 aromatic rings. The van der Waals surface area contributed by atoms with Crippen LogP contribution in [0.4, 0.5) is 0 Å². The van der Waals surface area contributed by atoms with Crippen LogP contribution in [-0.4, -0.2) is 61.0 Å². The van der Waals surface area contributed by atoms with Gasteiger partial charge in [0.05, 0.1) is 25.6 Å². The summed E-state index contributed by atoms with van der Waals surface area (Å²) < 4.78 is 9.91. The molecule has 2 atom stereocenters. The third-order valence-corrected chi connectivity index (χ3v) is 9.91. The molecule has 0 radical (unpaired) electrons. The zero-order valence-electron chi connectivity index (χ0n) is 29.8. The Labute approximate surface area is 298 Å². The van der Waals surface area contributed by atoms with E-state index in [1.165, 1.54) is 14.2 Å². The van der Waals surface area contributed by atoms with Crippen LogP contribution < -0.4 is 9.97 Å². The summed E-state index contributed by atoms with van der Waals surface area (Å²) in [6.45, 7) is 10.3. The summed E-state index contributed by atoms with van der Waals surface area (Å²) in [6.07, 6.45) is 4.40. The summed E-state index contributed by atoms with van der Waals surface area (Å²) in [5.41, 5.74) is 10.3. The number of carbonyl (C=O) groups is 3. The third kappa shape index (κ3) is 7.52. The number of hydrogen-bond acceptors (Lipinski definition) is 7. The second-order valence-corrected chi connectivity index (χ2v) is 13.2. The van der Waals surface area contributed by atoms with Gasteiger partial charge in [-0.25, -0.2) is 4.98 Å². The van der Waals surface area contributed by atoms with Gasteiger partial charge in [-0.2, -0.15) is 0 Å². The molecule has 2 aliphatic rings. The van der Waals surface area contributed by atoms with Crippen molar-refractivity contribution >= 4 is 51.6 Å². The van der Waals surface area contributed by atoms with E-state index < -0.39 is 5.41 Å². The van der Waals surface area contributed by atoms with Gasteiger partial charge >= 0.3 is 28.4 Å². The van der Waals surface area contributed by atoms with E-state index in [1.807, 2.05) is 51.1 Å². The molecule has 0 saturated carbocycles. The van der Waals surface area contributed by atoms with E-state index in [-0.39, 0.29) is 53.1 Å². The first kappa shape index (κ1) is 37.6. The van der Waals surface area contributed by atoms with Crippen LogP contribution in [0, 0.1) is 13.8 Å². The molecule has 11 heteroatoms. The van der Waals surface area contributed by atoms with Gasteiger partial charge in [-0.05, 0) is 57.7 Å². The van der Waals surface area contributed by atoms with Gasteiger partial charge in [-0.1, -0.05) is 54.3 Å². The predicted octanol–water partition coefficient (Wildman–Crippen LogP) is 5.89. The second-order valence-electron chi connectivity index (χ2n) is 13.2. The van der Waals surface area contributed by atoms with E-state index in [0.29, 0.717) is 30.3 Å². The number of ether oxygens (including phenoxy) is 2. The maximum absolute atomic E-state index is 13.2. The summed E-state index contributed by atoms with van der Waals surface area (Å²) in [7, 11) is 6.33. The van der Waals surface area contributed by atoms with E-state index in [1.54, 1.807) is 19.0 Å². The Morgan fingerprint density at radius 3 is 1.90 bits per heavy atom. The first-order valence-corrected chi connectivity index (χ1v) is 16.4. The number of amides is 1. The molecule has 8 bridgehead atoms. The summed E-state index contributed by atoms with van der Waals surface area (Å²) in [6, 6.07) is 7.97. The zero-order valence-corrected chi connectivity index (χ0v) is 30.8. The van der Waals surface area contributed by atoms with Crippen LogP contribution in [0.25, 0.3) is 33.7 Å². The quantitative estimate of drug-likeness (QED) is 0.197. The molecular weight excluding hydrogens is 665 g/mol. The van der Waals surface area contributed by atoms with E-state index in [9.17, 15) is 14.4 Å². The maximum Gasteiger partial charge on any atom is 2.00 e. The molecule has 0 spiro atoms. The van der Waals surface area contributed by atoms with Crippen LogP contribution in [0.3, 0.4) is 0 Å². The Morgan fingerprint density at radius 2 is 1.39 bits per heavy atom. The van der Waals surface area contributed by atoms with Gasteiger partial charge in [-0.15, -0.1) is 22.1 Å². The molecule has 0 saturated heterocycles. The van der Waals surface area contributed by atoms with Crippen LogP contribution in [0.15, 0.2) is 24.3 Å². The number of nitrogens with zero attached hydrogens (tertiary/aromatic N) is 5. The fraction of sp³-hybridized carbons (Fsp3) is 0.447. The van der Waals surface area contributed by atoms with Crippen molar-refractivity contribution in [1.82, 2.24) is 24.8 Å². The number of methoxy groups -OCH3 is 2. The fourth-order valence-electron chi connectivity index (χ4n) is 6.90. The van der Waals surface area contributed by atoms with Crippen molar-refractivity contribution in [3.63, 3.8) is 0 Å². The van der Waals surface area contributed by atoms with Crippen molar-refractivity contribution < 1.29 is 40.3 Å². The summed E-state index contributed by atoms with van der Waals surface area (Å²) in [5, 5.41) is 0. The number of fused-ring (bicyclic) bond motifs is 8. The molecule has 2 aliphatic heterocycles. The number of aryl methyl sites for hydroxylation is 4. The smallest absolute Gasteiger partial charge is 0.657 e. The van der Waals surface area contributed by atoms with E-state index in [0.717, 1.165) is 68.1 Å². The fourth-order valence-corrected chi connectivity index (χ4v) is 6.90. The predicted molar refractivity (Wildman–Crippen MR) is 186 cm³/mol. The second kappa shape index (κ2) is 15.1. The van der Waals surface area contributed by atoms with Crippen molar-refractivity contribution in [2.75, 3.05) is 28.3 Å². The van der Waals surface area contributed by atoms with Gasteiger partial charge in [0.25, 0.3) is 0 Å². The van der Waals surface area contributed by atoms with Gasteiger partial charge in [0.15, 0.2) is 0 Å². The standard InChI is InChI=1S/C38H45N5O5.Ni/c1-10-27-33-18-30-23(4)26(12-14-37(46)48-9)32(41-30)19-31-25(11-13-36(45)47-8)22(3)29(40-31)17-28-21(2)15-24(39-28)16-34(42-33)38(27,5)20-35(44)43(6)7;/h15-19,27H,10-14,20H2,1-9H3;/q-2;+2. The topological polar surface area (TPSA) is 127 Å². The van der Waals surface area contributed by atoms with E-state index in [2.05, 4.69) is 13.8 Å². The zero-order chi connectivity index (χ0) is 34.9. The van der Waals surface area contributed by atoms with E-state index >= 15 is 0 Å². The van der Waals surface area contributed by atoms with E-state index in [4.69, 9.17) is 29.4 Å². The average molecular weight is 711 g/mol. The normalized spacial score (nSPS) is 16.8. The van der Waals surface area contributed by atoms with Crippen molar-refractivity contribution in [2.24, 2.45) is 0 Å². The largest absolute Gasteiger partial charge is 2.00 e. The van der Waals surface area contributed by atoms with Crippen molar-refractivity contribution in [3.05, 3.63) is 69.3 Å².